The number of rotatable bonds is 3. The summed E-state index contributed by atoms with van der Waals surface area (Å²) in [7, 11) is -3.22. The van der Waals surface area contributed by atoms with Crippen LogP contribution in [0.2, 0.25) is 0 Å². The first kappa shape index (κ1) is 15.3. The molecular formula is C15H18N6O2S. The summed E-state index contributed by atoms with van der Waals surface area (Å²) in [6.07, 6.45) is 8.07. The van der Waals surface area contributed by atoms with Crippen molar-refractivity contribution in [2.24, 2.45) is 0 Å². The summed E-state index contributed by atoms with van der Waals surface area (Å²) < 4.78 is 25.8. The Morgan fingerprint density at radius 2 is 2.21 bits per heavy atom. The van der Waals surface area contributed by atoms with Gasteiger partial charge in [-0.3, -0.25) is 0 Å². The minimum absolute atomic E-state index is 0.107. The number of anilines is 1. The lowest BCUT2D eigenvalue weighted by molar-refractivity contribution is 0.466. The summed E-state index contributed by atoms with van der Waals surface area (Å²) in [5, 5.41) is 1.92. The van der Waals surface area contributed by atoms with E-state index in [2.05, 4.69) is 29.6 Å². The van der Waals surface area contributed by atoms with Crippen molar-refractivity contribution < 1.29 is 8.42 Å². The molecule has 0 aromatic carbocycles. The Balaban J connectivity index is 1.77. The van der Waals surface area contributed by atoms with Gasteiger partial charge in [0.05, 0.1) is 29.7 Å². The van der Waals surface area contributed by atoms with Crippen molar-refractivity contribution in [1.82, 2.24) is 24.7 Å². The van der Waals surface area contributed by atoms with Gasteiger partial charge in [0.1, 0.15) is 5.82 Å². The zero-order valence-corrected chi connectivity index (χ0v) is 14.0. The molecular weight excluding hydrogens is 328 g/mol. The van der Waals surface area contributed by atoms with E-state index in [1.54, 1.807) is 18.7 Å². The van der Waals surface area contributed by atoms with Gasteiger partial charge in [-0.1, -0.05) is 0 Å². The van der Waals surface area contributed by atoms with Gasteiger partial charge in [0.25, 0.3) is 0 Å². The lowest BCUT2D eigenvalue weighted by Gasteiger charge is -2.34. The molecule has 0 radical (unpaired) electrons. The Labute approximate surface area is 139 Å². The second-order valence-electron chi connectivity index (χ2n) is 6.13. The smallest absolute Gasteiger partial charge is 0.209 e. The summed E-state index contributed by atoms with van der Waals surface area (Å²) in [5.74, 6) is 0.837. The van der Waals surface area contributed by atoms with Gasteiger partial charge < -0.3 is 9.88 Å². The van der Waals surface area contributed by atoms with Crippen molar-refractivity contribution in [3.05, 3.63) is 24.8 Å². The fourth-order valence-corrected chi connectivity index (χ4v) is 4.14. The zero-order chi connectivity index (χ0) is 16.7. The minimum atomic E-state index is -3.22. The predicted octanol–water partition coefficient (Wildman–Crippen LogP) is 1.02. The van der Waals surface area contributed by atoms with Crippen LogP contribution in [0.15, 0.2) is 24.8 Å². The molecule has 4 rings (SSSR count). The van der Waals surface area contributed by atoms with Crippen molar-refractivity contribution >= 4 is 37.8 Å². The second-order valence-corrected chi connectivity index (χ2v) is 7.91. The van der Waals surface area contributed by atoms with Crippen molar-refractivity contribution in [3.63, 3.8) is 0 Å². The molecule has 0 aliphatic carbocycles. The van der Waals surface area contributed by atoms with Crippen molar-refractivity contribution in [1.29, 1.82) is 0 Å². The molecule has 2 N–H and O–H groups in total. The van der Waals surface area contributed by atoms with Crippen LogP contribution in [0, 0.1) is 0 Å². The molecule has 1 unspecified atom stereocenters. The molecule has 9 heteroatoms. The fraction of sp³-hybridized carbons (Fsp3) is 0.400. The Morgan fingerprint density at radius 3 is 3.04 bits per heavy atom. The Hall–Kier alpha value is -2.26. The molecule has 24 heavy (non-hydrogen) atoms. The number of H-pyrrole nitrogens is 1. The number of nitrogens with one attached hydrogen (secondary N) is 2. The first-order valence-corrected chi connectivity index (χ1v) is 9.69. The van der Waals surface area contributed by atoms with E-state index in [0.29, 0.717) is 12.2 Å². The van der Waals surface area contributed by atoms with Crippen LogP contribution in [0.25, 0.3) is 21.9 Å². The van der Waals surface area contributed by atoms with Crippen LogP contribution >= 0.6 is 0 Å². The van der Waals surface area contributed by atoms with Crippen molar-refractivity contribution in [3.8, 4) is 0 Å². The van der Waals surface area contributed by atoms with Gasteiger partial charge in [-0.25, -0.2) is 28.1 Å². The van der Waals surface area contributed by atoms with Gasteiger partial charge in [0, 0.05) is 30.7 Å². The highest BCUT2D eigenvalue weighted by molar-refractivity contribution is 7.88. The molecule has 3 aromatic heterocycles. The normalized spacial score (nSPS) is 19.2. The average molecular weight is 346 g/mol. The first-order chi connectivity index (χ1) is 11.5. The van der Waals surface area contributed by atoms with Gasteiger partial charge in [-0.05, 0) is 18.9 Å². The number of hydrogen-bond acceptors (Lipinski definition) is 6. The fourth-order valence-electron chi connectivity index (χ4n) is 3.35. The van der Waals surface area contributed by atoms with E-state index in [4.69, 9.17) is 0 Å². The third kappa shape index (κ3) is 2.80. The van der Waals surface area contributed by atoms with Crippen LogP contribution in [-0.4, -0.2) is 53.7 Å². The molecule has 3 aromatic rings. The van der Waals surface area contributed by atoms with E-state index in [1.807, 2.05) is 6.07 Å². The summed E-state index contributed by atoms with van der Waals surface area (Å²) in [6.45, 7) is 1.43. The average Bonchev–Trinajstić information content (AvgIpc) is 3.01. The molecule has 1 atom stereocenters. The number of aromatic amines is 1. The quantitative estimate of drug-likeness (QED) is 0.734. The van der Waals surface area contributed by atoms with Gasteiger partial charge in [0.15, 0.2) is 5.65 Å². The molecule has 1 fully saturated rings. The Kier molecular flexibility index (Phi) is 3.61. The molecule has 1 aliphatic heterocycles. The van der Waals surface area contributed by atoms with E-state index < -0.39 is 10.0 Å². The SMILES string of the molecule is CS(=O)(=O)NC1CCCN(c2nc[nH]c3cnc4nccc4c23)C1. The molecule has 0 saturated carbocycles. The van der Waals surface area contributed by atoms with Gasteiger partial charge >= 0.3 is 0 Å². The van der Waals surface area contributed by atoms with Crippen LogP contribution in [0.1, 0.15) is 12.8 Å². The van der Waals surface area contributed by atoms with Gasteiger partial charge in [0.2, 0.25) is 10.0 Å². The number of pyridine rings is 1. The number of fused-ring (bicyclic) bond motifs is 3. The van der Waals surface area contributed by atoms with E-state index in [1.165, 1.54) is 6.26 Å². The highest BCUT2D eigenvalue weighted by Crippen LogP contribution is 2.30. The number of sulfonamides is 1. The Morgan fingerprint density at radius 1 is 1.33 bits per heavy atom. The van der Waals surface area contributed by atoms with Crippen molar-refractivity contribution in [2.75, 3.05) is 24.2 Å². The summed E-state index contributed by atoms with van der Waals surface area (Å²) in [5.41, 5.74) is 1.58. The maximum Gasteiger partial charge on any atom is 0.209 e. The van der Waals surface area contributed by atoms with Gasteiger partial charge in [-0.2, -0.15) is 0 Å². The molecule has 0 spiro atoms. The van der Waals surface area contributed by atoms with Crippen LogP contribution in [0.4, 0.5) is 5.82 Å². The lowest BCUT2D eigenvalue weighted by atomic mass is 10.1. The maximum atomic E-state index is 11.5. The Bertz CT molecular complexity index is 1000. The van der Waals surface area contributed by atoms with Crippen molar-refractivity contribution in [2.45, 2.75) is 18.9 Å². The molecule has 126 valence electrons. The largest absolute Gasteiger partial charge is 0.354 e. The van der Waals surface area contributed by atoms with E-state index >= 15 is 0 Å². The summed E-state index contributed by atoms with van der Waals surface area (Å²) in [6, 6.07) is 1.82. The van der Waals surface area contributed by atoms with E-state index in [9.17, 15) is 8.42 Å². The highest BCUT2D eigenvalue weighted by Gasteiger charge is 2.25. The number of hydrogen-bond donors (Lipinski definition) is 2. The molecule has 1 saturated heterocycles. The van der Waals surface area contributed by atoms with E-state index in [-0.39, 0.29) is 6.04 Å². The highest BCUT2D eigenvalue weighted by atomic mass is 32.2. The zero-order valence-electron chi connectivity index (χ0n) is 13.2. The van der Waals surface area contributed by atoms with Crippen LogP contribution in [0.3, 0.4) is 0 Å². The van der Waals surface area contributed by atoms with E-state index in [0.717, 1.165) is 41.5 Å². The van der Waals surface area contributed by atoms with Gasteiger partial charge in [-0.15, -0.1) is 0 Å². The predicted molar refractivity (Wildman–Crippen MR) is 92.4 cm³/mol. The third-order valence-corrected chi connectivity index (χ3v) is 5.03. The number of nitrogens with zero attached hydrogens (tertiary/aromatic N) is 4. The summed E-state index contributed by atoms with van der Waals surface area (Å²) in [4.78, 5) is 18.4. The number of aromatic nitrogens is 4. The minimum Gasteiger partial charge on any atom is -0.354 e. The van der Waals surface area contributed by atoms with Crippen LogP contribution in [0.5, 0.6) is 0 Å². The van der Waals surface area contributed by atoms with Crippen LogP contribution < -0.4 is 9.62 Å². The molecule has 0 amide bonds. The molecule has 4 heterocycles. The monoisotopic (exact) mass is 346 g/mol. The number of piperidine rings is 1. The standard InChI is InChI=1S/C15H18N6O2S/c1-24(22,23)20-10-3-2-6-21(8-10)15-13-11-4-5-16-14(11)17-7-12(13)18-9-19-15/h4-5,7,9-10,20H,2-3,6,8H2,1H3,(H,18,19). The first-order valence-electron chi connectivity index (χ1n) is 7.80. The molecule has 8 nitrogen and oxygen atoms in total. The molecule has 0 bridgehead atoms. The molecule has 1 aliphatic rings. The summed E-state index contributed by atoms with van der Waals surface area (Å²) >= 11 is 0. The third-order valence-electron chi connectivity index (χ3n) is 4.27. The van der Waals surface area contributed by atoms with Crippen LogP contribution in [-0.2, 0) is 10.0 Å². The topological polar surface area (TPSA) is 104 Å². The second kappa shape index (κ2) is 5.67. The maximum absolute atomic E-state index is 11.5. The lowest BCUT2D eigenvalue weighted by Crippen LogP contribution is -2.47.